The second-order valence-corrected chi connectivity index (χ2v) is 8.47. The van der Waals surface area contributed by atoms with Crippen molar-refractivity contribution < 1.29 is 14.3 Å². The van der Waals surface area contributed by atoms with Crippen molar-refractivity contribution in [3.63, 3.8) is 0 Å². The van der Waals surface area contributed by atoms with Gasteiger partial charge in [0.15, 0.2) is 4.34 Å². The summed E-state index contributed by atoms with van der Waals surface area (Å²) in [5, 5.41) is 15.2. The molecule has 0 spiro atoms. The Morgan fingerprint density at radius 1 is 1.19 bits per heavy atom. The molecule has 2 heterocycles. The van der Waals surface area contributed by atoms with E-state index in [-0.39, 0.29) is 11.7 Å². The zero-order valence-electron chi connectivity index (χ0n) is 15.2. The molecule has 0 bridgehead atoms. The summed E-state index contributed by atoms with van der Waals surface area (Å²) in [6.07, 6.45) is 0.797. The monoisotopic (exact) mass is 414 g/mol. The summed E-state index contributed by atoms with van der Waals surface area (Å²) in [6, 6.07) is 0. The number of rotatable bonds is 9. The Balaban J connectivity index is 2.04. The molecule has 0 saturated heterocycles. The van der Waals surface area contributed by atoms with Crippen LogP contribution in [0.25, 0.3) is 0 Å². The van der Waals surface area contributed by atoms with Crippen molar-refractivity contribution in [3.05, 3.63) is 16.0 Å². The van der Waals surface area contributed by atoms with E-state index in [1.165, 1.54) is 34.4 Å². The molecular weight excluding hydrogens is 392 g/mol. The van der Waals surface area contributed by atoms with Gasteiger partial charge in [0.25, 0.3) is 0 Å². The van der Waals surface area contributed by atoms with Gasteiger partial charge in [-0.3, -0.25) is 4.79 Å². The van der Waals surface area contributed by atoms with Gasteiger partial charge in [-0.25, -0.2) is 4.79 Å². The van der Waals surface area contributed by atoms with Gasteiger partial charge in [0.1, 0.15) is 5.00 Å². The maximum atomic E-state index is 12.3. The van der Waals surface area contributed by atoms with Gasteiger partial charge in [0, 0.05) is 11.4 Å². The van der Waals surface area contributed by atoms with Crippen LogP contribution in [0.4, 0.5) is 10.1 Å². The van der Waals surface area contributed by atoms with E-state index in [4.69, 9.17) is 4.74 Å². The number of carbonyl (C=O) groups is 2. The van der Waals surface area contributed by atoms with E-state index >= 15 is 0 Å². The van der Waals surface area contributed by atoms with E-state index in [0.29, 0.717) is 17.2 Å². The van der Waals surface area contributed by atoms with E-state index in [1.807, 2.05) is 20.8 Å². The van der Waals surface area contributed by atoms with E-state index in [0.717, 1.165) is 32.9 Å². The molecule has 0 aliphatic carbocycles. The van der Waals surface area contributed by atoms with Gasteiger partial charge in [-0.1, -0.05) is 30.0 Å². The molecule has 26 heavy (non-hydrogen) atoms. The molecule has 0 fully saturated rings. The Kier molecular flexibility index (Phi) is 7.85. The van der Waals surface area contributed by atoms with Gasteiger partial charge >= 0.3 is 5.97 Å². The Bertz CT molecular complexity index is 773. The number of esters is 1. The highest BCUT2D eigenvalue weighted by atomic mass is 32.2. The van der Waals surface area contributed by atoms with Crippen LogP contribution < -0.4 is 10.6 Å². The average Bonchev–Trinajstić information content (AvgIpc) is 3.17. The summed E-state index contributed by atoms with van der Waals surface area (Å²) >= 11 is 4.15. The number of anilines is 2. The topological polar surface area (TPSA) is 93.2 Å². The minimum atomic E-state index is -0.400. The molecule has 0 unspecified atom stereocenters. The largest absolute Gasteiger partial charge is 0.462 e. The molecule has 142 valence electrons. The molecule has 0 aliphatic heterocycles. The number of amides is 1. The molecule has 0 radical (unpaired) electrons. The third-order valence-electron chi connectivity index (χ3n) is 3.36. The molecule has 2 aromatic heterocycles. The summed E-state index contributed by atoms with van der Waals surface area (Å²) in [6.45, 7) is 8.72. The molecule has 2 rings (SSSR count). The van der Waals surface area contributed by atoms with Crippen molar-refractivity contribution >= 4 is 56.4 Å². The van der Waals surface area contributed by atoms with Crippen LogP contribution >= 0.6 is 34.4 Å². The number of aryl methyl sites for hydroxylation is 1. The second-order valence-electron chi connectivity index (χ2n) is 5.17. The number of nitrogens with one attached hydrogen (secondary N) is 2. The lowest BCUT2D eigenvalue weighted by atomic mass is 10.1. The lowest BCUT2D eigenvalue weighted by molar-refractivity contribution is -0.113. The Morgan fingerprint density at radius 3 is 2.62 bits per heavy atom. The summed E-state index contributed by atoms with van der Waals surface area (Å²) in [7, 11) is 0. The van der Waals surface area contributed by atoms with Crippen molar-refractivity contribution in [2.75, 3.05) is 29.5 Å². The molecule has 0 atom stereocenters. The zero-order valence-corrected chi connectivity index (χ0v) is 17.6. The van der Waals surface area contributed by atoms with Crippen molar-refractivity contribution in [3.8, 4) is 0 Å². The van der Waals surface area contributed by atoms with E-state index in [2.05, 4.69) is 20.8 Å². The quantitative estimate of drug-likeness (QED) is 0.476. The predicted molar refractivity (Wildman–Crippen MR) is 108 cm³/mol. The maximum absolute atomic E-state index is 12.3. The van der Waals surface area contributed by atoms with E-state index < -0.39 is 5.97 Å². The molecule has 2 aromatic rings. The van der Waals surface area contributed by atoms with Gasteiger partial charge in [0.05, 0.1) is 17.9 Å². The number of aromatic nitrogens is 2. The number of ether oxygens (including phenoxy) is 1. The minimum Gasteiger partial charge on any atom is -0.462 e. The molecule has 2 N–H and O–H groups in total. The Labute approximate surface area is 164 Å². The highest BCUT2D eigenvalue weighted by molar-refractivity contribution is 8.01. The van der Waals surface area contributed by atoms with Crippen LogP contribution in [0, 0.1) is 6.92 Å². The third kappa shape index (κ3) is 5.18. The van der Waals surface area contributed by atoms with Crippen molar-refractivity contribution in [1.82, 2.24) is 10.2 Å². The van der Waals surface area contributed by atoms with Crippen molar-refractivity contribution in [2.24, 2.45) is 0 Å². The third-order valence-corrected chi connectivity index (χ3v) is 6.73. The average molecular weight is 415 g/mol. The first-order chi connectivity index (χ1) is 12.5. The highest BCUT2D eigenvalue weighted by Crippen LogP contribution is 2.34. The van der Waals surface area contributed by atoms with Crippen molar-refractivity contribution in [2.45, 2.75) is 38.5 Å². The molecular formula is C16H22N4O3S3. The molecule has 0 saturated carbocycles. The predicted octanol–water partition coefficient (Wildman–Crippen LogP) is 3.81. The van der Waals surface area contributed by atoms with Gasteiger partial charge in [-0.2, -0.15) is 0 Å². The van der Waals surface area contributed by atoms with Gasteiger partial charge in [0.2, 0.25) is 11.0 Å². The fourth-order valence-electron chi connectivity index (χ4n) is 2.22. The number of hydrogen-bond acceptors (Lipinski definition) is 9. The molecule has 0 aliphatic rings. The smallest absolute Gasteiger partial charge is 0.341 e. The first kappa shape index (κ1) is 20.7. The fraction of sp³-hybridized carbons (Fsp3) is 0.500. The Hall–Kier alpha value is -1.65. The highest BCUT2D eigenvalue weighted by Gasteiger charge is 2.23. The second kappa shape index (κ2) is 9.89. The standard InChI is InChI=1S/C16H22N4O3S3/c1-5-10-9(4)12(14(22)23-7-3)13(25-10)18-11(21)8-24-16-20-19-15(26-16)17-6-2/h5-8H2,1-4H3,(H,17,19)(H,18,21). The minimum absolute atomic E-state index is 0.190. The van der Waals surface area contributed by atoms with Crippen LogP contribution in [-0.4, -0.2) is 41.0 Å². The van der Waals surface area contributed by atoms with Crippen LogP contribution in [0.2, 0.25) is 0 Å². The van der Waals surface area contributed by atoms with Crippen LogP contribution in [-0.2, 0) is 16.0 Å². The number of thioether (sulfide) groups is 1. The van der Waals surface area contributed by atoms with E-state index in [1.54, 1.807) is 6.92 Å². The number of nitrogens with zero attached hydrogens (tertiary/aromatic N) is 2. The number of hydrogen-bond donors (Lipinski definition) is 2. The van der Waals surface area contributed by atoms with Crippen LogP contribution in [0.5, 0.6) is 0 Å². The Morgan fingerprint density at radius 2 is 1.96 bits per heavy atom. The first-order valence-corrected chi connectivity index (χ1v) is 10.9. The summed E-state index contributed by atoms with van der Waals surface area (Å²) in [5.41, 5.74) is 1.33. The van der Waals surface area contributed by atoms with Crippen LogP contribution in [0.1, 0.15) is 41.6 Å². The van der Waals surface area contributed by atoms with Crippen molar-refractivity contribution in [1.29, 1.82) is 0 Å². The zero-order chi connectivity index (χ0) is 19.1. The van der Waals surface area contributed by atoms with Crippen LogP contribution in [0.3, 0.4) is 0 Å². The lowest BCUT2D eigenvalue weighted by Crippen LogP contribution is -2.16. The SMILES string of the molecule is CCNc1nnc(SCC(=O)Nc2sc(CC)c(C)c2C(=O)OCC)s1. The van der Waals surface area contributed by atoms with Gasteiger partial charge in [-0.15, -0.1) is 21.5 Å². The lowest BCUT2D eigenvalue weighted by Gasteiger charge is -2.06. The summed E-state index contributed by atoms with van der Waals surface area (Å²) in [4.78, 5) is 25.6. The number of carbonyl (C=O) groups excluding carboxylic acids is 2. The molecule has 7 nitrogen and oxygen atoms in total. The number of thiophene rings is 1. The first-order valence-electron chi connectivity index (χ1n) is 8.29. The van der Waals surface area contributed by atoms with E-state index in [9.17, 15) is 9.59 Å². The summed E-state index contributed by atoms with van der Waals surface area (Å²) in [5.74, 6) is -0.394. The van der Waals surface area contributed by atoms with Gasteiger partial charge < -0.3 is 15.4 Å². The molecule has 0 aromatic carbocycles. The van der Waals surface area contributed by atoms with Crippen LogP contribution in [0.15, 0.2) is 4.34 Å². The molecule has 1 amide bonds. The fourth-order valence-corrected chi connectivity index (χ4v) is 4.98. The maximum Gasteiger partial charge on any atom is 0.341 e. The summed E-state index contributed by atoms with van der Waals surface area (Å²) < 4.78 is 5.85. The van der Waals surface area contributed by atoms with Gasteiger partial charge in [-0.05, 0) is 32.8 Å². The normalized spacial score (nSPS) is 10.6. The molecule has 10 heteroatoms.